The maximum atomic E-state index is 12.3. The number of hydrogen-bond donors (Lipinski definition) is 2. The molecule has 1 saturated carbocycles. The molecule has 6 heteroatoms. The van der Waals surface area contributed by atoms with E-state index in [1.54, 1.807) is 31.2 Å². The summed E-state index contributed by atoms with van der Waals surface area (Å²) < 4.78 is 5.83. The molecule has 5 nitrogen and oxygen atoms in total. The molecule has 2 aromatic rings. The number of rotatable bonds is 6. The number of primary amides is 1. The van der Waals surface area contributed by atoms with Gasteiger partial charge in [-0.1, -0.05) is 30.9 Å². The quantitative estimate of drug-likeness (QED) is 0.729. The van der Waals surface area contributed by atoms with Crippen LogP contribution in [0.2, 0.25) is 5.02 Å². The molecule has 28 heavy (non-hydrogen) atoms. The van der Waals surface area contributed by atoms with E-state index in [-0.39, 0.29) is 12.5 Å². The van der Waals surface area contributed by atoms with E-state index in [0.717, 1.165) is 18.4 Å². The number of nitrogens with one attached hydrogen (secondary N) is 1. The van der Waals surface area contributed by atoms with Crippen LogP contribution in [0, 0.1) is 6.92 Å². The summed E-state index contributed by atoms with van der Waals surface area (Å²) in [5, 5.41) is 3.47. The summed E-state index contributed by atoms with van der Waals surface area (Å²) in [6.07, 6.45) is 5.92. The molecule has 0 unspecified atom stereocenters. The minimum absolute atomic E-state index is 0.0992. The first-order valence-electron chi connectivity index (χ1n) is 9.56. The van der Waals surface area contributed by atoms with Crippen molar-refractivity contribution in [1.82, 2.24) is 0 Å². The number of halogens is 1. The fourth-order valence-electron chi connectivity index (χ4n) is 3.74. The molecular weight excluding hydrogens is 376 g/mol. The molecule has 1 aliphatic carbocycles. The van der Waals surface area contributed by atoms with Crippen molar-refractivity contribution < 1.29 is 14.3 Å². The number of amides is 2. The summed E-state index contributed by atoms with van der Waals surface area (Å²) in [4.78, 5) is 23.6. The topological polar surface area (TPSA) is 81.4 Å². The third kappa shape index (κ3) is 5.04. The van der Waals surface area contributed by atoms with Crippen LogP contribution < -0.4 is 15.8 Å². The average molecular weight is 401 g/mol. The van der Waals surface area contributed by atoms with Gasteiger partial charge in [0.1, 0.15) is 5.75 Å². The zero-order valence-electron chi connectivity index (χ0n) is 16.0. The highest BCUT2D eigenvalue weighted by Crippen LogP contribution is 2.38. The van der Waals surface area contributed by atoms with Gasteiger partial charge >= 0.3 is 0 Å². The van der Waals surface area contributed by atoms with Gasteiger partial charge in [-0.25, -0.2) is 0 Å². The van der Waals surface area contributed by atoms with Crippen molar-refractivity contribution in [2.45, 2.75) is 44.9 Å². The van der Waals surface area contributed by atoms with E-state index in [9.17, 15) is 9.59 Å². The third-order valence-electron chi connectivity index (χ3n) is 5.15. The third-order valence-corrected chi connectivity index (χ3v) is 5.39. The molecule has 2 aromatic carbocycles. The second kappa shape index (κ2) is 9.11. The summed E-state index contributed by atoms with van der Waals surface area (Å²) >= 11 is 6.19. The van der Waals surface area contributed by atoms with Crippen molar-refractivity contribution >= 4 is 29.1 Å². The number of carbonyl (C=O) groups is 2. The zero-order valence-corrected chi connectivity index (χ0v) is 16.7. The Kier molecular flexibility index (Phi) is 6.57. The second-order valence-corrected chi connectivity index (χ2v) is 7.68. The number of anilines is 1. The Morgan fingerprint density at radius 2 is 1.89 bits per heavy atom. The van der Waals surface area contributed by atoms with Crippen LogP contribution in [0.5, 0.6) is 5.75 Å². The molecule has 0 radical (unpaired) electrons. The molecule has 3 rings (SSSR count). The SMILES string of the molecule is Cc1cc(NC(=O)COc2ccc(Cl)cc2C2CCCCC2)ccc1C(N)=O. The van der Waals surface area contributed by atoms with E-state index < -0.39 is 5.91 Å². The lowest BCUT2D eigenvalue weighted by Gasteiger charge is -2.24. The molecule has 0 heterocycles. The molecule has 1 aliphatic rings. The van der Waals surface area contributed by atoms with Crippen LogP contribution in [-0.4, -0.2) is 18.4 Å². The fraction of sp³-hybridized carbons (Fsp3) is 0.364. The van der Waals surface area contributed by atoms with E-state index in [0.29, 0.717) is 33.5 Å². The maximum Gasteiger partial charge on any atom is 0.262 e. The molecule has 3 N–H and O–H groups in total. The monoisotopic (exact) mass is 400 g/mol. The standard InChI is InChI=1S/C22H25ClN2O3/c1-14-11-17(8-9-18(14)22(24)27)25-21(26)13-28-20-10-7-16(23)12-19(20)15-5-3-2-4-6-15/h7-12,15H,2-6,13H2,1H3,(H2,24,27)(H,25,26). The Hall–Kier alpha value is -2.53. The number of hydrogen-bond acceptors (Lipinski definition) is 3. The molecule has 148 valence electrons. The first kappa shape index (κ1) is 20.2. The van der Waals surface area contributed by atoms with E-state index in [1.165, 1.54) is 19.3 Å². The van der Waals surface area contributed by atoms with Crippen LogP contribution in [-0.2, 0) is 4.79 Å². The van der Waals surface area contributed by atoms with Crippen molar-refractivity contribution in [3.05, 3.63) is 58.1 Å². The minimum Gasteiger partial charge on any atom is -0.483 e. The molecular formula is C22H25ClN2O3. The van der Waals surface area contributed by atoms with Gasteiger partial charge in [-0.05, 0) is 73.2 Å². The molecule has 0 aliphatic heterocycles. The summed E-state index contributed by atoms with van der Waals surface area (Å²) in [7, 11) is 0. The summed E-state index contributed by atoms with van der Waals surface area (Å²) in [6, 6.07) is 10.6. The van der Waals surface area contributed by atoms with Gasteiger partial charge in [0.25, 0.3) is 5.91 Å². The highest BCUT2D eigenvalue weighted by molar-refractivity contribution is 6.30. The van der Waals surface area contributed by atoms with Gasteiger partial charge in [0, 0.05) is 16.3 Å². The van der Waals surface area contributed by atoms with E-state index in [1.807, 2.05) is 12.1 Å². The highest BCUT2D eigenvalue weighted by atomic mass is 35.5. The van der Waals surface area contributed by atoms with Crippen LogP contribution in [0.4, 0.5) is 5.69 Å². The first-order valence-corrected chi connectivity index (χ1v) is 9.94. The Morgan fingerprint density at radius 1 is 1.14 bits per heavy atom. The van der Waals surface area contributed by atoms with Gasteiger partial charge < -0.3 is 15.8 Å². The van der Waals surface area contributed by atoms with Gasteiger partial charge in [-0.3, -0.25) is 9.59 Å². The van der Waals surface area contributed by atoms with Crippen molar-refractivity contribution in [3.8, 4) is 5.75 Å². The fourth-order valence-corrected chi connectivity index (χ4v) is 3.92. The van der Waals surface area contributed by atoms with E-state index in [4.69, 9.17) is 22.1 Å². The Balaban J connectivity index is 1.64. The number of benzene rings is 2. The maximum absolute atomic E-state index is 12.3. The highest BCUT2D eigenvalue weighted by Gasteiger charge is 2.20. The van der Waals surface area contributed by atoms with Crippen molar-refractivity contribution in [3.63, 3.8) is 0 Å². The number of aryl methyl sites for hydroxylation is 1. The van der Waals surface area contributed by atoms with Crippen molar-refractivity contribution in [2.24, 2.45) is 5.73 Å². The Labute approximate surface area is 170 Å². The van der Waals surface area contributed by atoms with E-state index in [2.05, 4.69) is 5.32 Å². The smallest absolute Gasteiger partial charge is 0.262 e. The lowest BCUT2D eigenvalue weighted by atomic mass is 9.84. The first-order chi connectivity index (χ1) is 13.4. The van der Waals surface area contributed by atoms with Gasteiger partial charge in [0.2, 0.25) is 5.91 Å². The van der Waals surface area contributed by atoms with Gasteiger partial charge in [0.15, 0.2) is 6.61 Å². The lowest BCUT2D eigenvalue weighted by Crippen LogP contribution is -2.21. The number of nitrogens with two attached hydrogens (primary N) is 1. The largest absolute Gasteiger partial charge is 0.483 e. The predicted octanol–water partition coefficient (Wildman–Crippen LogP) is 4.81. The molecule has 0 atom stereocenters. The van der Waals surface area contributed by atoms with Crippen LogP contribution in [0.15, 0.2) is 36.4 Å². The minimum atomic E-state index is -0.489. The van der Waals surface area contributed by atoms with E-state index >= 15 is 0 Å². The van der Waals surface area contributed by atoms with Crippen LogP contribution in [0.3, 0.4) is 0 Å². The van der Waals surface area contributed by atoms with Crippen molar-refractivity contribution in [2.75, 3.05) is 11.9 Å². The molecule has 1 fully saturated rings. The summed E-state index contributed by atoms with van der Waals surface area (Å²) in [5.41, 5.74) is 8.14. The Bertz CT molecular complexity index is 876. The predicted molar refractivity (Wildman–Crippen MR) is 111 cm³/mol. The van der Waals surface area contributed by atoms with Crippen LogP contribution >= 0.6 is 11.6 Å². The van der Waals surface area contributed by atoms with Gasteiger partial charge in [-0.2, -0.15) is 0 Å². The zero-order chi connectivity index (χ0) is 20.1. The lowest BCUT2D eigenvalue weighted by molar-refractivity contribution is -0.118. The molecule has 0 saturated heterocycles. The normalized spacial score (nSPS) is 14.5. The summed E-state index contributed by atoms with van der Waals surface area (Å²) in [6.45, 7) is 1.67. The van der Waals surface area contributed by atoms with Crippen LogP contribution in [0.25, 0.3) is 0 Å². The summed E-state index contributed by atoms with van der Waals surface area (Å²) in [5.74, 6) is 0.383. The Morgan fingerprint density at radius 3 is 2.57 bits per heavy atom. The van der Waals surface area contributed by atoms with Crippen LogP contribution in [0.1, 0.15) is 59.5 Å². The molecule has 0 bridgehead atoms. The van der Waals surface area contributed by atoms with Gasteiger partial charge in [0.05, 0.1) is 0 Å². The molecule has 0 spiro atoms. The van der Waals surface area contributed by atoms with Gasteiger partial charge in [-0.15, -0.1) is 0 Å². The average Bonchev–Trinajstić information content (AvgIpc) is 2.67. The second-order valence-electron chi connectivity index (χ2n) is 7.25. The van der Waals surface area contributed by atoms with Crippen molar-refractivity contribution in [1.29, 1.82) is 0 Å². The number of carbonyl (C=O) groups excluding carboxylic acids is 2. The molecule has 2 amide bonds. The molecule has 0 aromatic heterocycles. The number of ether oxygens (including phenoxy) is 1.